The van der Waals surface area contributed by atoms with Crippen LogP contribution in [0.25, 0.3) is 0 Å². The molecule has 11 heteroatoms. The molecule has 2 N–H and O–H groups in total. The Kier molecular flexibility index (Phi) is 8.81. The molecular weight excluding hydrogens is 395 g/mol. The van der Waals surface area contributed by atoms with Gasteiger partial charge in [0.05, 0.1) is 0 Å². The lowest BCUT2D eigenvalue weighted by molar-refractivity contribution is -0.0494. The highest BCUT2D eigenvalue weighted by atomic mass is 32.2. The number of hydrogen-bond acceptors (Lipinski definition) is 4. The summed E-state index contributed by atoms with van der Waals surface area (Å²) in [6.45, 7) is 3.82. The molecule has 7 nitrogen and oxygen atoms in total. The second kappa shape index (κ2) is 10.6. The van der Waals surface area contributed by atoms with E-state index in [1.165, 1.54) is 25.7 Å². The topological polar surface area (TPSA) is 77.0 Å². The van der Waals surface area contributed by atoms with E-state index in [1.807, 2.05) is 0 Å². The van der Waals surface area contributed by atoms with E-state index in [0.717, 1.165) is 32.6 Å². The van der Waals surface area contributed by atoms with Crippen LogP contribution in [0.3, 0.4) is 0 Å². The Morgan fingerprint density at radius 3 is 2.21 bits per heavy atom. The van der Waals surface area contributed by atoms with Crippen LogP contribution in [0.4, 0.5) is 13.2 Å². The quantitative estimate of drug-likeness (QED) is 0.384. The molecule has 0 aromatic carbocycles. The van der Waals surface area contributed by atoms with Gasteiger partial charge in [0.1, 0.15) is 0 Å². The third-order valence-electron chi connectivity index (χ3n) is 5.29. The largest absolute Gasteiger partial charge is 0.511 e. The van der Waals surface area contributed by atoms with Crippen molar-refractivity contribution in [2.75, 3.05) is 46.3 Å². The van der Waals surface area contributed by atoms with E-state index in [2.05, 4.69) is 20.5 Å². The first-order valence-corrected chi connectivity index (χ1v) is 11.4. The first kappa shape index (κ1) is 23.2. The normalized spacial score (nSPS) is 22.1. The Morgan fingerprint density at radius 1 is 1.07 bits per heavy atom. The number of hydrogen-bond donors (Lipinski definition) is 2. The molecule has 0 saturated carbocycles. The highest BCUT2D eigenvalue weighted by Gasteiger charge is 2.50. The average Bonchev–Trinajstić information content (AvgIpc) is 2.92. The highest BCUT2D eigenvalue weighted by Crippen LogP contribution is 2.28. The molecule has 0 spiro atoms. The summed E-state index contributed by atoms with van der Waals surface area (Å²) in [5, 5.41) is 6.43. The Bertz CT molecular complexity index is 596. The summed E-state index contributed by atoms with van der Waals surface area (Å²) in [6.07, 6.45) is 6.76. The molecule has 2 saturated heterocycles. The van der Waals surface area contributed by atoms with Gasteiger partial charge in [-0.15, -0.1) is 0 Å². The van der Waals surface area contributed by atoms with E-state index >= 15 is 0 Å². The van der Waals surface area contributed by atoms with Crippen LogP contribution in [-0.2, 0) is 10.0 Å². The average molecular weight is 428 g/mol. The minimum absolute atomic E-state index is 0.100. The summed E-state index contributed by atoms with van der Waals surface area (Å²) in [6, 6.07) is -0.100. The number of halogens is 3. The van der Waals surface area contributed by atoms with Crippen LogP contribution in [0.5, 0.6) is 0 Å². The maximum absolute atomic E-state index is 12.6. The maximum atomic E-state index is 12.6. The molecule has 2 aliphatic heterocycles. The molecule has 164 valence electrons. The fourth-order valence-electron chi connectivity index (χ4n) is 3.64. The number of nitrogens with zero attached hydrogens (tertiary/aromatic N) is 3. The summed E-state index contributed by atoms with van der Waals surface area (Å²) in [5.74, 6) is 0.605. The van der Waals surface area contributed by atoms with Crippen molar-refractivity contribution in [3.63, 3.8) is 0 Å². The van der Waals surface area contributed by atoms with Crippen molar-refractivity contribution >= 4 is 16.0 Å². The van der Waals surface area contributed by atoms with Crippen LogP contribution in [-0.4, -0.2) is 81.4 Å². The van der Waals surface area contributed by atoms with Gasteiger partial charge in [0.15, 0.2) is 5.96 Å². The molecule has 0 unspecified atom stereocenters. The molecule has 2 heterocycles. The third-order valence-corrected chi connectivity index (χ3v) is 6.92. The molecule has 0 aliphatic carbocycles. The summed E-state index contributed by atoms with van der Waals surface area (Å²) in [7, 11) is -3.59. The van der Waals surface area contributed by atoms with Gasteiger partial charge in [0, 0.05) is 32.7 Å². The summed E-state index contributed by atoms with van der Waals surface area (Å²) < 4.78 is 61.3. The Balaban J connectivity index is 1.68. The minimum atomic E-state index is -5.24. The second-order valence-corrected chi connectivity index (χ2v) is 9.31. The van der Waals surface area contributed by atoms with Crippen molar-refractivity contribution in [3.05, 3.63) is 0 Å². The lowest BCUT2D eigenvalue weighted by Crippen LogP contribution is -2.51. The van der Waals surface area contributed by atoms with Gasteiger partial charge < -0.3 is 15.5 Å². The van der Waals surface area contributed by atoms with Crippen molar-refractivity contribution in [2.45, 2.75) is 56.5 Å². The molecular formula is C17H32F3N5O2S. The SMILES string of the molecule is CN=C(NCCCN1CCCCCC1)NC1CCN(S(=O)(=O)C(F)(F)F)CC1. The van der Waals surface area contributed by atoms with E-state index in [4.69, 9.17) is 0 Å². The predicted octanol–water partition coefficient (Wildman–Crippen LogP) is 1.73. The Morgan fingerprint density at radius 2 is 1.68 bits per heavy atom. The molecule has 2 rings (SSSR count). The van der Waals surface area contributed by atoms with Crippen LogP contribution in [0.2, 0.25) is 0 Å². The third kappa shape index (κ3) is 6.77. The van der Waals surface area contributed by atoms with Crippen LogP contribution < -0.4 is 10.6 Å². The smallest absolute Gasteiger partial charge is 0.356 e. The molecule has 28 heavy (non-hydrogen) atoms. The van der Waals surface area contributed by atoms with Crippen LogP contribution in [0, 0.1) is 0 Å². The summed E-state index contributed by atoms with van der Waals surface area (Å²) >= 11 is 0. The second-order valence-electron chi connectivity index (χ2n) is 7.38. The monoisotopic (exact) mass is 427 g/mol. The minimum Gasteiger partial charge on any atom is -0.356 e. The van der Waals surface area contributed by atoms with E-state index < -0.39 is 15.5 Å². The summed E-state index contributed by atoms with van der Waals surface area (Å²) in [5.41, 5.74) is -5.24. The fraction of sp³-hybridized carbons (Fsp3) is 0.941. The van der Waals surface area contributed by atoms with Gasteiger partial charge >= 0.3 is 15.5 Å². The number of guanidine groups is 1. The highest BCUT2D eigenvalue weighted by molar-refractivity contribution is 7.90. The lowest BCUT2D eigenvalue weighted by Gasteiger charge is -2.32. The number of nitrogens with one attached hydrogen (secondary N) is 2. The number of aliphatic imine (C=N–C) groups is 1. The molecule has 2 fully saturated rings. The molecule has 0 atom stereocenters. The molecule has 0 aromatic heterocycles. The standard InChI is InChI=1S/C17H32F3N5O2S/c1-21-16(22-9-6-12-24-10-4-2-3-5-11-24)23-15-7-13-25(14-8-15)28(26,27)17(18,19)20/h15H,2-14H2,1H3,(H2,21,22,23). The summed E-state index contributed by atoms with van der Waals surface area (Å²) in [4.78, 5) is 6.65. The van der Waals surface area contributed by atoms with Crippen LogP contribution in [0.15, 0.2) is 4.99 Å². The van der Waals surface area contributed by atoms with Gasteiger partial charge in [-0.3, -0.25) is 4.99 Å². The number of sulfonamides is 1. The van der Waals surface area contributed by atoms with Gasteiger partial charge in [-0.2, -0.15) is 17.5 Å². The molecule has 0 radical (unpaired) electrons. The van der Waals surface area contributed by atoms with Crippen molar-refractivity contribution < 1.29 is 21.6 Å². The lowest BCUT2D eigenvalue weighted by atomic mass is 10.1. The maximum Gasteiger partial charge on any atom is 0.511 e. The molecule has 0 amide bonds. The Labute approximate surface area is 165 Å². The van der Waals surface area contributed by atoms with Crippen LogP contribution >= 0.6 is 0 Å². The van der Waals surface area contributed by atoms with Gasteiger partial charge in [-0.1, -0.05) is 12.8 Å². The van der Waals surface area contributed by atoms with E-state index in [1.54, 1.807) is 7.05 Å². The van der Waals surface area contributed by atoms with E-state index in [-0.39, 0.29) is 19.1 Å². The first-order valence-electron chi connectivity index (χ1n) is 10.00. The van der Waals surface area contributed by atoms with Crippen molar-refractivity contribution in [3.8, 4) is 0 Å². The van der Waals surface area contributed by atoms with Gasteiger partial charge in [-0.05, 0) is 51.7 Å². The van der Waals surface area contributed by atoms with E-state index in [9.17, 15) is 21.6 Å². The van der Waals surface area contributed by atoms with Crippen molar-refractivity contribution in [1.82, 2.24) is 19.8 Å². The van der Waals surface area contributed by atoms with Crippen molar-refractivity contribution in [2.24, 2.45) is 4.99 Å². The number of rotatable bonds is 6. The van der Waals surface area contributed by atoms with E-state index in [0.29, 0.717) is 23.1 Å². The molecule has 0 aromatic rings. The zero-order chi connectivity index (χ0) is 20.6. The number of alkyl halides is 3. The fourth-order valence-corrected chi connectivity index (χ4v) is 4.63. The molecule has 2 aliphatic rings. The predicted molar refractivity (Wildman–Crippen MR) is 104 cm³/mol. The van der Waals surface area contributed by atoms with Gasteiger partial charge in [0.25, 0.3) is 0 Å². The van der Waals surface area contributed by atoms with Gasteiger partial charge in [-0.25, -0.2) is 8.42 Å². The van der Waals surface area contributed by atoms with Gasteiger partial charge in [0.2, 0.25) is 0 Å². The number of likely N-dealkylation sites (tertiary alicyclic amines) is 1. The number of piperidine rings is 1. The van der Waals surface area contributed by atoms with Crippen molar-refractivity contribution in [1.29, 1.82) is 0 Å². The zero-order valence-corrected chi connectivity index (χ0v) is 17.3. The zero-order valence-electron chi connectivity index (χ0n) is 16.5. The molecule has 0 bridgehead atoms. The van der Waals surface area contributed by atoms with Crippen LogP contribution in [0.1, 0.15) is 44.9 Å². The Hall–Kier alpha value is -1.07. The first-order chi connectivity index (χ1) is 13.2.